The number of benzene rings is 15. The SMILES string of the molecule is CC1(C)c2cc(-n3c4ccccc4c4ccccc43)ccc2-c2c1ccc1c2C(C)(C)C(C)(C)c2ccccc2-1.CC1(C)c2cc(-n3c4ccccc4c4ccccc43)ccc2-c2cc3c(cc21)-c1ccccc1C(C)(C)C3(C)C.CC1(C)c2cc(-n3c4ccccc4c4ccccc43)ccc2-c2ccc3c(c21)C(C)(C)C(C)(C)c1ccccc1-3. The maximum absolute atomic E-state index is 2.54. The second kappa shape index (κ2) is 24.9. The van der Waals surface area contributed by atoms with Crippen LogP contribution >= 0.6 is 0 Å². The molecule has 3 aromatic heterocycles. The number of hydrogen-bond donors (Lipinski definition) is 0. The molecule has 3 nitrogen and oxygen atoms in total. The highest BCUT2D eigenvalue weighted by Crippen LogP contribution is 2.65. The minimum absolute atomic E-state index is 0.00151. The largest absolute Gasteiger partial charge is 0.309 e. The third-order valence-electron chi connectivity index (χ3n) is 32.2. The van der Waals surface area contributed by atoms with Crippen molar-refractivity contribution in [3.05, 3.63) is 376 Å². The zero-order valence-electron chi connectivity index (χ0n) is 72.8. The highest BCUT2D eigenvalue weighted by molar-refractivity contribution is 6.12. The Labute approximate surface area is 707 Å². The Morgan fingerprint density at radius 2 is 0.408 bits per heavy atom. The quantitative estimate of drug-likeness (QED) is 0.167. The molecule has 0 spiro atoms. The molecule has 120 heavy (non-hydrogen) atoms. The summed E-state index contributed by atoms with van der Waals surface area (Å²) in [5.74, 6) is 0. The minimum atomic E-state index is -0.121. The molecule has 3 heteroatoms. The standard InChI is InChI=1S/3C39H35N/c1-37(2)32-21-24(40-35-17-11-8-14-27(35)28-15-9-12-18-36(28)40)19-20-26(32)29-23-34-30(22-33(29)37)25-13-7-10-16-31(25)38(3,4)39(34,5)6;1-37(2)32-23-24(40-33-17-11-8-14-27(33)28-15-9-12-18-34(28)40)19-20-26(32)29-21-22-30-25-13-7-10-16-31(25)38(3,4)39(5,6)36(30)35(29)37;1-37(2)31-22-21-28-25-13-7-10-16-30(25)38(3,4)39(5,6)36(28)35(31)29-20-19-24(23-32(29)37)40-33-17-11-8-14-26(33)27-15-9-12-18-34(27)40/h3*7-23H,1-6H3. The van der Waals surface area contributed by atoms with Crippen LogP contribution in [0, 0.1) is 0 Å². The third kappa shape index (κ3) is 9.64. The first-order valence-electron chi connectivity index (χ1n) is 43.6. The first kappa shape index (κ1) is 74.0. The van der Waals surface area contributed by atoms with Gasteiger partial charge in [0.15, 0.2) is 0 Å². The van der Waals surface area contributed by atoms with Crippen molar-refractivity contribution in [2.75, 3.05) is 0 Å². The van der Waals surface area contributed by atoms with Crippen molar-refractivity contribution in [3.8, 4) is 83.8 Å². The van der Waals surface area contributed by atoms with Gasteiger partial charge in [-0.05, 0) is 246 Å². The van der Waals surface area contributed by atoms with Crippen molar-refractivity contribution in [1.82, 2.24) is 13.7 Å². The van der Waals surface area contributed by atoms with Gasteiger partial charge in [0.05, 0.1) is 33.1 Å². The van der Waals surface area contributed by atoms with E-state index in [0.29, 0.717) is 0 Å². The van der Waals surface area contributed by atoms with Gasteiger partial charge >= 0.3 is 0 Å². The molecule has 0 saturated heterocycles. The summed E-state index contributed by atoms with van der Waals surface area (Å²) in [6.07, 6.45) is 0. The van der Waals surface area contributed by atoms with Crippen LogP contribution in [0.2, 0.25) is 0 Å². The monoisotopic (exact) mass is 1550 g/mol. The Bertz CT molecular complexity index is 7290. The number of aromatic nitrogens is 3. The first-order chi connectivity index (χ1) is 57.4. The average molecular weight is 1550 g/mol. The molecule has 0 atom stereocenters. The summed E-state index contributed by atoms with van der Waals surface area (Å²) in [4.78, 5) is 0. The van der Waals surface area contributed by atoms with E-state index in [2.05, 4.69) is 448 Å². The Morgan fingerprint density at radius 1 is 0.158 bits per heavy atom. The van der Waals surface area contributed by atoms with E-state index in [4.69, 9.17) is 0 Å². The molecule has 18 aromatic rings. The van der Waals surface area contributed by atoms with Gasteiger partial charge in [-0.1, -0.05) is 349 Å². The van der Waals surface area contributed by atoms with E-state index < -0.39 is 0 Å². The lowest BCUT2D eigenvalue weighted by molar-refractivity contribution is 0.295. The van der Waals surface area contributed by atoms with Gasteiger partial charge in [-0.15, -0.1) is 0 Å². The van der Waals surface area contributed by atoms with Crippen LogP contribution in [0.15, 0.2) is 309 Å². The molecule has 588 valence electrons. The van der Waals surface area contributed by atoms with E-state index >= 15 is 0 Å². The second-order valence-electron chi connectivity index (χ2n) is 40.3. The summed E-state index contributed by atoms with van der Waals surface area (Å²) < 4.78 is 7.34. The molecule has 24 rings (SSSR count). The minimum Gasteiger partial charge on any atom is -0.309 e. The number of fused-ring (bicyclic) bond motifs is 29. The molecule has 0 amide bonds. The normalized spacial score (nSPS) is 17.4. The highest BCUT2D eigenvalue weighted by atomic mass is 15.0. The fraction of sp³-hybridized carbons (Fsp3) is 0.231. The van der Waals surface area contributed by atoms with Crippen LogP contribution in [0.25, 0.3) is 149 Å². The molecular formula is C117H105N3. The van der Waals surface area contributed by atoms with Crippen molar-refractivity contribution in [3.63, 3.8) is 0 Å². The molecular weight excluding hydrogens is 1450 g/mol. The Morgan fingerprint density at radius 3 is 0.825 bits per heavy atom. The molecule has 0 bridgehead atoms. The molecule has 0 N–H and O–H groups in total. The van der Waals surface area contributed by atoms with Gasteiger partial charge in [0.25, 0.3) is 0 Å². The fourth-order valence-corrected chi connectivity index (χ4v) is 23.7. The van der Waals surface area contributed by atoms with Gasteiger partial charge in [-0.3, -0.25) is 0 Å². The Kier molecular flexibility index (Phi) is 15.4. The van der Waals surface area contributed by atoms with Gasteiger partial charge < -0.3 is 13.7 Å². The van der Waals surface area contributed by atoms with Crippen molar-refractivity contribution >= 4 is 65.4 Å². The van der Waals surface area contributed by atoms with Crippen LogP contribution in [0.1, 0.15) is 191 Å². The molecule has 3 heterocycles. The third-order valence-corrected chi connectivity index (χ3v) is 32.2. The fourth-order valence-electron chi connectivity index (χ4n) is 23.7. The van der Waals surface area contributed by atoms with Crippen LogP contribution in [0.4, 0.5) is 0 Å². The van der Waals surface area contributed by atoms with E-state index in [0.717, 1.165) is 0 Å². The number of para-hydroxylation sites is 6. The van der Waals surface area contributed by atoms with Gasteiger partial charge in [0.1, 0.15) is 0 Å². The van der Waals surface area contributed by atoms with Gasteiger partial charge in [-0.2, -0.15) is 0 Å². The van der Waals surface area contributed by atoms with E-state index in [1.807, 2.05) is 0 Å². The van der Waals surface area contributed by atoms with Crippen LogP contribution in [-0.4, -0.2) is 13.7 Å². The van der Waals surface area contributed by atoms with Crippen LogP contribution < -0.4 is 0 Å². The zero-order valence-corrected chi connectivity index (χ0v) is 72.8. The predicted molar refractivity (Wildman–Crippen MR) is 509 cm³/mol. The molecule has 6 aliphatic rings. The highest BCUT2D eigenvalue weighted by Gasteiger charge is 2.54. The van der Waals surface area contributed by atoms with E-state index in [1.165, 1.54) is 216 Å². The van der Waals surface area contributed by atoms with Crippen LogP contribution in [0.3, 0.4) is 0 Å². The van der Waals surface area contributed by atoms with Crippen molar-refractivity contribution in [2.45, 2.75) is 173 Å². The average Bonchev–Trinajstić information content (AvgIpc) is 1.38. The lowest BCUT2D eigenvalue weighted by Crippen LogP contribution is -2.45. The summed E-state index contributed by atoms with van der Waals surface area (Å²) in [5.41, 5.74) is 45.2. The molecule has 15 aromatic carbocycles. The van der Waals surface area contributed by atoms with Gasteiger partial charge in [0, 0.05) is 71.0 Å². The molecule has 0 fully saturated rings. The predicted octanol–water partition coefficient (Wildman–Crippen LogP) is 31.0. The summed E-state index contributed by atoms with van der Waals surface area (Å²) in [6, 6.07) is 116. The molecule has 0 saturated carbocycles. The Hall–Kier alpha value is -12.3. The summed E-state index contributed by atoms with van der Waals surface area (Å²) >= 11 is 0. The number of hydrogen-bond acceptors (Lipinski definition) is 0. The topological polar surface area (TPSA) is 14.8 Å². The molecule has 0 aliphatic heterocycles. The number of nitrogens with zero attached hydrogens (tertiary/aromatic N) is 3. The van der Waals surface area contributed by atoms with Crippen LogP contribution in [-0.2, 0) is 48.7 Å². The number of rotatable bonds is 3. The summed E-state index contributed by atoms with van der Waals surface area (Å²) in [7, 11) is 0. The summed E-state index contributed by atoms with van der Waals surface area (Å²) in [5, 5.41) is 7.82. The van der Waals surface area contributed by atoms with E-state index in [9.17, 15) is 0 Å². The smallest absolute Gasteiger partial charge is 0.0541 e. The van der Waals surface area contributed by atoms with Crippen molar-refractivity contribution < 1.29 is 0 Å². The first-order valence-corrected chi connectivity index (χ1v) is 43.6. The van der Waals surface area contributed by atoms with Gasteiger partial charge in [-0.25, -0.2) is 0 Å². The maximum atomic E-state index is 2.54. The lowest BCUT2D eigenvalue weighted by atomic mass is 9.53. The van der Waals surface area contributed by atoms with Crippen LogP contribution in [0.5, 0.6) is 0 Å². The van der Waals surface area contributed by atoms with E-state index in [-0.39, 0.29) is 48.7 Å². The maximum Gasteiger partial charge on any atom is 0.0541 e. The lowest BCUT2D eigenvalue weighted by Gasteiger charge is -2.50. The van der Waals surface area contributed by atoms with E-state index in [1.54, 1.807) is 0 Å². The van der Waals surface area contributed by atoms with Crippen molar-refractivity contribution in [2.24, 2.45) is 0 Å². The summed E-state index contributed by atoms with van der Waals surface area (Å²) in [6.45, 7) is 43.8. The van der Waals surface area contributed by atoms with Gasteiger partial charge in [0.2, 0.25) is 0 Å². The molecule has 0 unspecified atom stereocenters. The molecule has 6 aliphatic carbocycles. The Balaban J connectivity index is 0.000000108. The zero-order chi connectivity index (χ0) is 82.8. The second-order valence-corrected chi connectivity index (χ2v) is 40.3. The van der Waals surface area contributed by atoms with Crippen molar-refractivity contribution in [1.29, 1.82) is 0 Å². The molecule has 0 radical (unpaired) electrons.